The zero-order valence-electron chi connectivity index (χ0n) is 10.9. The van der Waals surface area contributed by atoms with Crippen molar-refractivity contribution < 1.29 is 23.5 Å². The fraction of sp³-hybridized carbons (Fsp3) is 0.429. The van der Waals surface area contributed by atoms with Gasteiger partial charge in [-0.3, -0.25) is 9.59 Å². The molecule has 4 nitrogen and oxygen atoms in total. The number of carbonyl (C=O) groups excluding carboxylic acids is 2. The van der Waals surface area contributed by atoms with E-state index in [-0.39, 0.29) is 31.2 Å². The second kappa shape index (κ2) is 8.24. The van der Waals surface area contributed by atoms with Gasteiger partial charge in [0, 0.05) is 12.8 Å². The number of halogens is 1. The summed E-state index contributed by atoms with van der Waals surface area (Å²) >= 11 is 0. The number of hydrogen-bond acceptors (Lipinski definition) is 4. The van der Waals surface area contributed by atoms with E-state index in [0.717, 1.165) is 0 Å². The SMILES string of the molecule is CCOC(=O)CCCC(=O)OCc1cccc(F)c1. The minimum Gasteiger partial charge on any atom is -0.466 e. The first-order valence-electron chi connectivity index (χ1n) is 6.17. The fourth-order valence-electron chi connectivity index (χ4n) is 1.47. The average Bonchev–Trinajstić information content (AvgIpc) is 2.37. The van der Waals surface area contributed by atoms with Crippen molar-refractivity contribution in [1.29, 1.82) is 0 Å². The predicted octanol–water partition coefficient (Wildman–Crippen LogP) is 2.60. The first-order valence-corrected chi connectivity index (χ1v) is 6.17. The number of ether oxygens (including phenoxy) is 2. The lowest BCUT2D eigenvalue weighted by Gasteiger charge is -2.05. The van der Waals surface area contributed by atoms with Crippen LogP contribution in [-0.2, 0) is 25.7 Å². The van der Waals surface area contributed by atoms with Gasteiger partial charge in [0.05, 0.1) is 6.61 Å². The van der Waals surface area contributed by atoms with Gasteiger partial charge in [0.2, 0.25) is 0 Å². The standard InChI is InChI=1S/C14H17FO4/c1-2-18-13(16)7-4-8-14(17)19-10-11-5-3-6-12(15)9-11/h3,5-6,9H,2,4,7-8,10H2,1H3. The molecule has 0 atom stereocenters. The molecule has 0 aliphatic heterocycles. The Morgan fingerprint density at radius 3 is 2.47 bits per heavy atom. The Bertz CT molecular complexity index is 431. The van der Waals surface area contributed by atoms with Gasteiger partial charge in [0.15, 0.2) is 0 Å². The molecule has 1 rings (SSSR count). The molecule has 5 heteroatoms. The Hall–Kier alpha value is -1.91. The summed E-state index contributed by atoms with van der Waals surface area (Å²) in [5, 5.41) is 0. The van der Waals surface area contributed by atoms with Gasteiger partial charge in [0.25, 0.3) is 0 Å². The first kappa shape index (κ1) is 15.1. The number of esters is 2. The minimum atomic E-state index is -0.409. The molecule has 0 bridgehead atoms. The molecule has 0 fully saturated rings. The van der Waals surface area contributed by atoms with E-state index < -0.39 is 5.97 Å². The summed E-state index contributed by atoms with van der Waals surface area (Å²) in [5.74, 6) is -1.09. The van der Waals surface area contributed by atoms with Crippen LogP contribution in [0.5, 0.6) is 0 Å². The normalized spacial score (nSPS) is 10.0. The van der Waals surface area contributed by atoms with Crippen LogP contribution in [-0.4, -0.2) is 18.5 Å². The van der Waals surface area contributed by atoms with Crippen LogP contribution in [0.4, 0.5) is 4.39 Å². The van der Waals surface area contributed by atoms with Crippen molar-refractivity contribution in [2.75, 3.05) is 6.61 Å². The average molecular weight is 268 g/mol. The van der Waals surface area contributed by atoms with Crippen molar-refractivity contribution in [3.8, 4) is 0 Å². The number of rotatable bonds is 7. The Kier molecular flexibility index (Phi) is 6.57. The molecule has 0 unspecified atom stereocenters. The zero-order chi connectivity index (χ0) is 14.1. The molecule has 0 heterocycles. The monoisotopic (exact) mass is 268 g/mol. The van der Waals surface area contributed by atoms with Crippen LogP contribution in [0, 0.1) is 5.82 Å². The number of benzene rings is 1. The molecule has 0 saturated heterocycles. The molecule has 19 heavy (non-hydrogen) atoms. The lowest BCUT2D eigenvalue weighted by molar-refractivity contribution is -0.146. The summed E-state index contributed by atoms with van der Waals surface area (Å²) in [6, 6.07) is 5.87. The van der Waals surface area contributed by atoms with Crippen LogP contribution >= 0.6 is 0 Å². The van der Waals surface area contributed by atoms with Crippen molar-refractivity contribution >= 4 is 11.9 Å². The van der Waals surface area contributed by atoms with Crippen LogP contribution in [0.2, 0.25) is 0 Å². The van der Waals surface area contributed by atoms with Crippen LogP contribution < -0.4 is 0 Å². The summed E-state index contributed by atoms with van der Waals surface area (Å²) < 4.78 is 22.6. The molecule has 0 saturated carbocycles. The van der Waals surface area contributed by atoms with Gasteiger partial charge in [-0.05, 0) is 31.0 Å². The molecule has 0 radical (unpaired) electrons. The van der Waals surface area contributed by atoms with Crippen LogP contribution in [0.25, 0.3) is 0 Å². The van der Waals surface area contributed by atoms with Crippen molar-refractivity contribution in [2.24, 2.45) is 0 Å². The van der Waals surface area contributed by atoms with Crippen LogP contribution in [0.15, 0.2) is 24.3 Å². The van der Waals surface area contributed by atoms with E-state index in [4.69, 9.17) is 9.47 Å². The highest BCUT2D eigenvalue weighted by molar-refractivity contribution is 5.72. The summed E-state index contributed by atoms with van der Waals surface area (Å²) in [7, 11) is 0. The molecule has 0 aliphatic rings. The van der Waals surface area contributed by atoms with Crippen LogP contribution in [0.3, 0.4) is 0 Å². The van der Waals surface area contributed by atoms with Gasteiger partial charge in [-0.2, -0.15) is 0 Å². The predicted molar refractivity (Wildman–Crippen MR) is 66.7 cm³/mol. The van der Waals surface area contributed by atoms with Gasteiger partial charge in [-0.15, -0.1) is 0 Å². The van der Waals surface area contributed by atoms with Crippen LogP contribution in [0.1, 0.15) is 31.7 Å². The molecule has 0 spiro atoms. The molecular formula is C14H17FO4. The first-order chi connectivity index (χ1) is 9.11. The highest BCUT2D eigenvalue weighted by atomic mass is 19.1. The van der Waals surface area contributed by atoms with Gasteiger partial charge in [0.1, 0.15) is 12.4 Å². The van der Waals surface area contributed by atoms with Gasteiger partial charge in [-0.1, -0.05) is 12.1 Å². The molecule has 0 N–H and O–H groups in total. The zero-order valence-corrected chi connectivity index (χ0v) is 10.9. The third-order valence-electron chi connectivity index (χ3n) is 2.36. The molecule has 1 aromatic rings. The molecule has 104 valence electrons. The maximum Gasteiger partial charge on any atom is 0.306 e. The number of carbonyl (C=O) groups is 2. The third-order valence-corrected chi connectivity index (χ3v) is 2.36. The quantitative estimate of drug-likeness (QED) is 0.713. The summed E-state index contributed by atoms with van der Waals surface area (Å²) in [5.41, 5.74) is 0.596. The maximum absolute atomic E-state index is 12.9. The van der Waals surface area contributed by atoms with Gasteiger partial charge in [-0.25, -0.2) is 4.39 Å². The third kappa shape index (κ3) is 6.55. The summed E-state index contributed by atoms with van der Waals surface area (Å²) in [4.78, 5) is 22.4. The Morgan fingerprint density at radius 1 is 1.16 bits per heavy atom. The van der Waals surface area contributed by atoms with E-state index in [0.29, 0.717) is 18.6 Å². The molecule has 0 aromatic heterocycles. The Balaban J connectivity index is 2.19. The van der Waals surface area contributed by atoms with E-state index >= 15 is 0 Å². The van der Waals surface area contributed by atoms with Crippen molar-refractivity contribution in [2.45, 2.75) is 32.8 Å². The lowest BCUT2D eigenvalue weighted by Crippen LogP contribution is -2.08. The molecule has 0 amide bonds. The van der Waals surface area contributed by atoms with E-state index in [9.17, 15) is 14.0 Å². The highest BCUT2D eigenvalue weighted by Crippen LogP contribution is 2.07. The largest absolute Gasteiger partial charge is 0.466 e. The molecular weight excluding hydrogens is 251 g/mol. The van der Waals surface area contributed by atoms with E-state index in [1.807, 2.05) is 0 Å². The van der Waals surface area contributed by atoms with Gasteiger partial charge < -0.3 is 9.47 Å². The van der Waals surface area contributed by atoms with E-state index in [2.05, 4.69) is 0 Å². The maximum atomic E-state index is 12.9. The highest BCUT2D eigenvalue weighted by Gasteiger charge is 2.07. The van der Waals surface area contributed by atoms with Crippen molar-refractivity contribution in [3.05, 3.63) is 35.6 Å². The summed E-state index contributed by atoms with van der Waals surface area (Å²) in [6.45, 7) is 2.10. The summed E-state index contributed by atoms with van der Waals surface area (Å²) in [6.07, 6.45) is 0.734. The van der Waals surface area contributed by atoms with E-state index in [1.165, 1.54) is 12.1 Å². The van der Waals surface area contributed by atoms with Gasteiger partial charge >= 0.3 is 11.9 Å². The van der Waals surface area contributed by atoms with Crippen molar-refractivity contribution in [1.82, 2.24) is 0 Å². The lowest BCUT2D eigenvalue weighted by atomic mass is 10.2. The minimum absolute atomic E-state index is 0.0377. The van der Waals surface area contributed by atoms with Crippen molar-refractivity contribution in [3.63, 3.8) is 0 Å². The smallest absolute Gasteiger partial charge is 0.306 e. The number of hydrogen-bond donors (Lipinski definition) is 0. The Labute approximate surface area is 111 Å². The fourth-order valence-corrected chi connectivity index (χ4v) is 1.47. The molecule has 0 aliphatic carbocycles. The topological polar surface area (TPSA) is 52.6 Å². The van der Waals surface area contributed by atoms with E-state index in [1.54, 1.807) is 19.1 Å². The second-order valence-electron chi connectivity index (χ2n) is 3.95. The molecule has 1 aromatic carbocycles. The Morgan fingerprint density at radius 2 is 1.84 bits per heavy atom. The second-order valence-corrected chi connectivity index (χ2v) is 3.95.